The van der Waals surface area contributed by atoms with Gasteiger partial charge in [-0.3, -0.25) is 4.79 Å². The van der Waals surface area contributed by atoms with Crippen LogP contribution in [0.4, 0.5) is 0 Å². The number of nitrogens with zero attached hydrogens (tertiary/aromatic N) is 1. The first kappa shape index (κ1) is 8.48. The van der Waals surface area contributed by atoms with E-state index in [2.05, 4.69) is 6.07 Å². The predicted octanol–water partition coefficient (Wildman–Crippen LogP) is 1.77. The molecule has 0 N–H and O–H groups in total. The van der Waals surface area contributed by atoms with Gasteiger partial charge in [0.1, 0.15) is 0 Å². The Morgan fingerprint density at radius 3 is 2.83 bits per heavy atom. The maximum atomic E-state index is 10.3. The summed E-state index contributed by atoms with van der Waals surface area (Å²) in [5, 5.41) is 8.60. The highest BCUT2D eigenvalue weighted by molar-refractivity contribution is 5.75. The first-order valence-corrected chi connectivity index (χ1v) is 3.65. The molecule has 59 valence electrons. The molecule has 1 aromatic rings. The Morgan fingerprint density at radius 2 is 2.25 bits per heavy atom. The molecule has 0 amide bonds. The average molecular weight is 158 g/mol. The number of carbonyl (C=O) groups excluding carboxylic acids is 1. The number of hydrogen-bond donors (Lipinski definition) is 0. The summed E-state index contributed by atoms with van der Waals surface area (Å²) in [4.78, 5) is 10.3. The van der Waals surface area contributed by atoms with Gasteiger partial charge in [-0.2, -0.15) is 5.26 Å². The smallest absolute Gasteiger partial charge is 0.233 e. The van der Waals surface area contributed by atoms with Gasteiger partial charge in [-0.05, 0) is 18.6 Å². The first-order chi connectivity index (χ1) is 5.77. The van der Waals surface area contributed by atoms with Crippen molar-refractivity contribution in [2.75, 3.05) is 0 Å². The van der Waals surface area contributed by atoms with Gasteiger partial charge in [0.05, 0.1) is 12.0 Å². The van der Waals surface area contributed by atoms with Gasteiger partial charge in [0.2, 0.25) is 6.29 Å². The van der Waals surface area contributed by atoms with Gasteiger partial charge in [-0.1, -0.05) is 18.2 Å². The lowest BCUT2D eigenvalue weighted by atomic mass is 10.0. The van der Waals surface area contributed by atoms with Crippen molar-refractivity contribution >= 4 is 6.29 Å². The Morgan fingerprint density at radius 1 is 1.50 bits per heavy atom. The zero-order chi connectivity index (χ0) is 8.97. The molecule has 0 aliphatic heterocycles. The van der Waals surface area contributed by atoms with Crippen molar-refractivity contribution in [3.05, 3.63) is 35.4 Å². The van der Waals surface area contributed by atoms with Crippen LogP contribution >= 0.6 is 0 Å². The minimum atomic E-state index is -0.168. The minimum Gasteiger partial charge on any atom is -0.285 e. The maximum absolute atomic E-state index is 10.3. The van der Waals surface area contributed by atoms with Crippen LogP contribution < -0.4 is 0 Å². The van der Waals surface area contributed by atoms with Gasteiger partial charge >= 0.3 is 0 Å². The first-order valence-electron chi connectivity index (χ1n) is 3.65. The van der Waals surface area contributed by atoms with E-state index >= 15 is 0 Å². The van der Waals surface area contributed by atoms with Crippen LogP contribution in [0, 0.1) is 11.3 Å². The summed E-state index contributed by atoms with van der Waals surface area (Å²) in [6.07, 6.45) is 1.79. The molecular weight excluding hydrogens is 150 g/mol. The Hall–Kier alpha value is -1.62. The summed E-state index contributed by atoms with van der Waals surface area (Å²) in [6.45, 7) is 1.80. The zero-order valence-electron chi connectivity index (χ0n) is 6.74. The van der Waals surface area contributed by atoms with Crippen molar-refractivity contribution in [2.45, 2.75) is 12.8 Å². The Kier molecular flexibility index (Phi) is 2.60. The van der Waals surface area contributed by atoms with Crippen molar-refractivity contribution in [3.8, 4) is 6.07 Å². The summed E-state index contributed by atoms with van der Waals surface area (Å²) in [7, 11) is 0. The standard InChI is InChI=1S/C10H8NO/c1-8(6-11)10-4-2-3-9(5-10)7-12/h2-5,8H,1H3. The van der Waals surface area contributed by atoms with Crippen molar-refractivity contribution < 1.29 is 4.79 Å². The molecule has 2 nitrogen and oxygen atoms in total. The lowest BCUT2D eigenvalue weighted by Crippen LogP contribution is -1.90. The largest absolute Gasteiger partial charge is 0.285 e. The molecule has 0 saturated heterocycles. The molecule has 0 fully saturated rings. The SMILES string of the molecule is CC(C#N)c1cccc([C]=O)c1. The highest BCUT2D eigenvalue weighted by Crippen LogP contribution is 2.14. The molecular formula is C10H8NO. The third kappa shape index (κ3) is 1.70. The molecule has 1 rings (SSSR count). The molecule has 1 atom stereocenters. The fourth-order valence-electron chi connectivity index (χ4n) is 0.946. The quantitative estimate of drug-likeness (QED) is 0.658. The van der Waals surface area contributed by atoms with Crippen LogP contribution in [0.15, 0.2) is 24.3 Å². The van der Waals surface area contributed by atoms with E-state index in [0.29, 0.717) is 5.56 Å². The van der Waals surface area contributed by atoms with E-state index in [1.54, 1.807) is 31.4 Å². The van der Waals surface area contributed by atoms with Crippen LogP contribution in [0.1, 0.15) is 24.0 Å². The molecule has 0 heterocycles. The summed E-state index contributed by atoms with van der Waals surface area (Å²) in [6, 6.07) is 9.03. The molecule has 1 unspecified atom stereocenters. The fourth-order valence-corrected chi connectivity index (χ4v) is 0.946. The second-order valence-corrected chi connectivity index (χ2v) is 2.58. The van der Waals surface area contributed by atoms with E-state index < -0.39 is 0 Å². The van der Waals surface area contributed by atoms with Crippen LogP contribution in [0.2, 0.25) is 0 Å². The van der Waals surface area contributed by atoms with Crippen LogP contribution in [-0.4, -0.2) is 6.29 Å². The van der Waals surface area contributed by atoms with Crippen molar-refractivity contribution in [1.29, 1.82) is 5.26 Å². The van der Waals surface area contributed by atoms with E-state index in [0.717, 1.165) is 5.56 Å². The molecule has 0 aliphatic rings. The number of nitriles is 1. The van der Waals surface area contributed by atoms with E-state index in [1.807, 2.05) is 6.07 Å². The molecule has 2 heteroatoms. The van der Waals surface area contributed by atoms with E-state index in [9.17, 15) is 4.79 Å². The molecule has 0 spiro atoms. The highest BCUT2D eigenvalue weighted by Gasteiger charge is 2.03. The lowest BCUT2D eigenvalue weighted by Gasteiger charge is -2.01. The molecule has 0 aromatic heterocycles. The van der Waals surface area contributed by atoms with Gasteiger partial charge in [-0.15, -0.1) is 0 Å². The fraction of sp³-hybridized carbons (Fsp3) is 0.200. The predicted molar refractivity (Wildman–Crippen MR) is 45.3 cm³/mol. The third-order valence-electron chi connectivity index (χ3n) is 1.70. The van der Waals surface area contributed by atoms with Crippen LogP contribution in [-0.2, 0) is 4.79 Å². The van der Waals surface area contributed by atoms with Crippen molar-refractivity contribution in [2.24, 2.45) is 0 Å². The van der Waals surface area contributed by atoms with Crippen LogP contribution in [0.5, 0.6) is 0 Å². The Bertz CT molecular complexity index is 325. The lowest BCUT2D eigenvalue weighted by molar-refractivity contribution is 0.562. The van der Waals surface area contributed by atoms with E-state index in [1.165, 1.54) is 0 Å². The number of rotatable bonds is 2. The maximum Gasteiger partial charge on any atom is 0.233 e. The van der Waals surface area contributed by atoms with Gasteiger partial charge in [-0.25, -0.2) is 0 Å². The molecule has 0 aliphatic carbocycles. The number of hydrogen-bond acceptors (Lipinski definition) is 2. The number of benzene rings is 1. The average Bonchev–Trinajstić information content (AvgIpc) is 2.17. The van der Waals surface area contributed by atoms with E-state index in [-0.39, 0.29) is 5.92 Å². The second-order valence-electron chi connectivity index (χ2n) is 2.58. The monoisotopic (exact) mass is 158 g/mol. The molecule has 1 radical (unpaired) electrons. The van der Waals surface area contributed by atoms with Gasteiger partial charge in [0.25, 0.3) is 0 Å². The summed E-state index contributed by atoms with van der Waals surface area (Å²) in [5.74, 6) is -0.168. The summed E-state index contributed by atoms with van der Waals surface area (Å²) >= 11 is 0. The highest BCUT2D eigenvalue weighted by atomic mass is 16.1. The topological polar surface area (TPSA) is 40.9 Å². The molecule has 0 bridgehead atoms. The van der Waals surface area contributed by atoms with Crippen molar-refractivity contribution in [1.82, 2.24) is 0 Å². The van der Waals surface area contributed by atoms with Crippen molar-refractivity contribution in [3.63, 3.8) is 0 Å². The Balaban J connectivity index is 3.03. The van der Waals surface area contributed by atoms with Crippen LogP contribution in [0.25, 0.3) is 0 Å². The molecule has 12 heavy (non-hydrogen) atoms. The molecule has 0 saturated carbocycles. The second kappa shape index (κ2) is 3.68. The third-order valence-corrected chi connectivity index (χ3v) is 1.70. The van der Waals surface area contributed by atoms with Gasteiger partial charge in [0, 0.05) is 5.56 Å². The Labute approximate surface area is 71.4 Å². The minimum absolute atomic E-state index is 0.168. The van der Waals surface area contributed by atoms with Gasteiger partial charge in [0.15, 0.2) is 0 Å². The van der Waals surface area contributed by atoms with Gasteiger partial charge < -0.3 is 0 Å². The summed E-state index contributed by atoms with van der Waals surface area (Å²) in [5.41, 5.74) is 1.35. The zero-order valence-corrected chi connectivity index (χ0v) is 6.74. The van der Waals surface area contributed by atoms with Crippen LogP contribution in [0.3, 0.4) is 0 Å². The van der Waals surface area contributed by atoms with E-state index in [4.69, 9.17) is 5.26 Å². The molecule has 1 aromatic carbocycles. The normalized spacial score (nSPS) is 11.7. The summed E-state index contributed by atoms with van der Waals surface area (Å²) < 4.78 is 0.